The molecule has 1 fully saturated rings. The molecule has 1 saturated heterocycles. The van der Waals surface area contributed by atoms with E-state index in [1.807, 2.05) is 25.9 Å². The summed E-state index contributed by atoms with van der Waals surface area (Å²) >= 11 is 0. The first-order chi connectivity index (χ1) is 10.8. The molecule has 2 aromatic rings. The fourth-order valence-electron chi connectivity index (χ4n) is 3.30. The fraction of sp³-hybridized carbons (Fsp3) is 0.562. The van der Waals surface area contributed by atoms with Crippen LogP contribution in [0.25, 0.3) is 11.1 Å². The van der Waals surface area contributed by atoms with Crippen molar-refractivity contribution in [2.75, 3.05) is 33.7 Å². The lowest BCUT2D eigenvalue weighted by Crippen LogP contribution is -2.43. The molecular weight excluding hydrogens is 296 g/mol. The van der Waals surface area contributed by atoms with Crippen molar-refractivity contribution < 1.29 is 14.4 Å². The van der Waals surface area contributed by atoms with E-state index in [9.17, 15) is 9.90 Å². The van der Waals surface area contributed by atoms with Crippen LogP contribution in [0.5, 0.6) is 0 Å². The van der Waals surface area contributed by atoms with Crippen molar-refractivity contribution in [2.24, 2.45) is 0 Å². The number of aliphatic hydroxyl groups is 1. The molecule has 0 bridgehead atoms. The molecule has 7 nitrogen and oxygen atoms in total. The van der Waals surface area contributed by atoms with Crippen molar-refractivity contribution in [1.82, 2.24) is 19.9 Å². The molecule has 1 atom stereocenters. The molecule has 3 heterocycles. The summed E-state index contributed by atoms with van der Waals surface area (Å²) in [4.78, 5) is 20.9. The SMILES string of the molecule is Cc1cc(C(=O)N2CCC(O)(CN(C)C)C2)c2c(C)noc2n1. The molecule has 2 aromatic heterocycles. The molecular formula is C16H22N4O3. The number of aryl methyl sites for hydroxylation is 2. The largest absolute Gasteiger partial charge is 0.387 e. The van der Waals surface area contributed by atoms with Crippen molar-refractivity contribution in [3.05, 3.63) is 23.0 Å². The van der Waals surface area contributed by atoms with Crippen LogP contribution in [0.1, 0.15) is 28.2 Å². The third-order valence-corrected chi connectivity index (χ3v) is 4.21. The summed E-state index contributed by atoms with van der Waals surface area (Å²) in [6, 6.07) is 1.76. The number of aromatic nitrogens is 2. The summed E-state index contributed by atoms with van der Waals surface area (Å²) < 4.78 is 5.19. The minimum absolute atomic E-state index is 0.110. The molecule has 23 heavy (non-hydrogen) atoms. The first kappa shape index (κ1) is 15.9. The van der Waals surface area contributed by atoms with Gasteiger partial charge in [0.2, 0.25) is 0 Å². The highest BCUT2D eigenvalue weighted by Gasteiger charge is 2.39. The smallest absolute Gasteiger partial charge is 0.258 e. The van der Waals surface area contributed by atoms with Gasteiger partial charge in [0.15, 0.2) is 0 Å². The zero-order valence-electron chi connectivity index (χ0n) is 14.0. The van der Waals surface area contributed by atoms with Gasteiger partial charge in [-0.3, -0.25) is 4.79 Å². The molecule has 7 heteroatoms. The number of hydrogen-bond acceptors (Lipinski definition) is 6. The topological polar surface area (TPSA) is 82.7 Å². The zero-order valence-corrected chi connectivity index (χ0v) is 14.0. The second-order valence-electron chi connectivity index (χ2n) is 6.70. The maximum Gasteiger partial charge on any atom is 0.258 e. The van der Waals surface area contributed by atoms with E-state index >= 15 is 0 Å². The number of pyridine rings is 1. The van der Waals surface area contributed by atoms with E-state index in [0.717, 1.165) is 0 Å². The van der Waals surface area contributed by atoms with Gasteiger partial charge < -0.3 is 19.4 Å². The van der Waals surface area contributed by atoms with Gasteiger partial charge in [0.05, 0.1) is 28.8 Å². The Kier molecular flexibility index (Phi) is 3.85. The number of likely N-dealkylation sites (N-methyl/N-ethyl adjacent to an activating group) is 1. The van der Waals surface area contributed by atoms with E-state index in [-0.39, 0.29) is 5.91 Å². The quantitative estimate of drug-likeness (QED) is 0.908. The molecule has 0 aromatic carbocycles. The van der Waals surface area contributed by atoms with Crippen molar-refractivity contribution in [1.29, 1.82) is 0 Å². The van der Waals surface area contributed by atoms with Crippen LogP contribution in [0.3, 0.4) is 0 Å². The minimum Gasteiger partial charge on any atom is -0.387 e. The maximum atomic E-state index is 12.9. The third kappa shape index (κ3) is 2.94. The number of carbonyl (C=O) groups is 1. The van der Waals surface area contributed by atoms with Gasteiger partial charge in [0.25, 0.3) is 11.6 Å². The summed E-state index contributed by atoms with van der Waals surface area (Å²) in [5.41, 5.74) is 1.43. The van der Waals surface area contributed by atoms with E-state index in [1.165, 1.54) is 0 Å². The molecule has 1 aliphatic rings. The zero-order chi connectivity index (χ0) is 16.8. The Balaban J connectivity index is 1.91. The third-order valence-electron chi connectivity index (χ3n) is 4.21. The lowest BCUT2D eigenvalue weighted by Gasteiger charge is -2.26. The number of fused-ring (bicyclic) bond motifs is 1. The monoisotopic (exact) mass is 318 g/mol. The van der Waals surface area contributed by atoms with Crippen molar-refractivity contribution in [3.63, 3.8) is 0 Å². The lowest BCUT2D eigenvalue weighted by atomic mass is 10.0. The Morgan fingerprint density at radius 2 is 2.22 bits per heavy atom. The highest BCUT2D eigenvalue weighted by atomic mass is 16.5. The van der Waals surface area contributed by atoms with E-state index in [1.54, 1.807) is 17.9 Å². The first-order valence-electron chi connectivity index (χ1n) is 7.69. The van der Waals surface area contributed by atoms with E-state index in [2.05, 4.69) is 10.1 Å². The Labute approximate surface area is 134 Å². The molecule has 0 aliphatic carbocycles. The molecule has 1 N–H and O–H groups in total. The van der Waals surface area contributed by atoms with Crippen LogP contribution in [0.4, 0.5) is 0 Å². The average molecular weight is 318 g/mol. The van der Waals surface area contributed by atoms with Crippen LogP contribution < -0.4 is 0 Å². The van der Waals surface area contributed by atoms with Crippen LogP contribution in [0.15, 0.2) is 10.6 Å². The number of β-amino-alcohol motifs (C(OH)–C–C–N with tert-alkyl or cyclic N) is 1. The van der Waals surface area contributed by atoms with Crippen LogP contribution >= 0.6 is 0 Å². The van der Waals surface area contributed by atoms with Crippen LogP contribution in [-0.4, -0.2) is 70.3 Å². The number of nitrogens with zero attached hydrogens (tertiary/aromatic N) is 4. The van der Waals surface area contributed by atoms with E-state index in [4.69, 9.17) is 4.52 Å². The van der Waals surface area contributed by atoms with E-state index in [0.29, 0.717) is 54.1 Å². The Bertz CT molecular complexity index is 755. The Morgan fingerprint density at radius 1 is 1.48 bits per heavy atom. The second-order valence-corrected chi connectivity index (χ2v) is 6.70. The predicted molar refractivity (Wildman–Crippen MR) is 85.3 cm³/mol. The van der Waals surface area contributed by atoms with Gasteiger partial charge in [0, 0.05) is 18.8 Å². The molecule has 124 valence electrons. The summed E-state index contributed by atoms with van der Waals surface area (Å²) in [5.74, 6) is -0.110. The van der Waals surface area contributed by atoms with Crippen molar-refractivity contribution in [2.45, 2.75) is 25.9 Å². The summed E-state index contributed by atoms with van der Waals surface area (Å²) in [5, 5.41) is 15.2. The number of rotatable bonds is 3. The molecule has 0 spiro atoms. The average Bonchev–Trinajstić information content (AvgIpc) is 3.00. The lowest BCUT2D eigenvalue weighted by molar-refractivity contribution is 0.0236. The van der Waals surface area contributed by atoms with Gasteiger partial charge in [-0.2, -0.15) is 0 Å². The number of likely N-dealkylation sites (tertiary alicyclic amines) is 1. The fourth-order valence-corrected chi connectivity index (χ4v) is 3.30. The minimum atomic E-state index is -0.857. The standard InChI is InChI=1S/C16H22N4O3/c1-10-7-12(13-11(2)18-23-14(13)17-10)15(21)20-6-5-16(22,9-20)8-19(3)4/h7,22H,5-6,8-9H2,1-4H3. The second kappa shape index (κ2) is 5.58. The number of carbonyl (C=O) groups excluding carboxylic acids is 1. The van der Waals surface area contributed by atoms with Crippen LogP contribution in [0, 0.1) is 13.8 Å². The molecule has 0 saturated carbocycles. The van der Waals surface area contributed by atoms with Crippen molar-refractivity contribution >= 4 is 17.0 Å². The Hall–Kier alpha value is -1.99. The van der Waals surface area contributed by atoms with Gasteiger partial charge in [0.1, 0.15) is 0 Å². The van der Waals surface area contributed by atoms with Gasteiger partial charge in [-0.25, -0.2) is 4.98 Å². The van der Waals surface area contributed by atoms with Gasteiger partial charge >= 0.3 is 0 Å². The normalized spacial score (nSPS) is 21.6. The van der Waals surface area contributed by atoms with E-state index < -0.39 is 5.60 Å². The Morgan fingerprint density at radius 3 is 2.91 bits per heavy atom. The highest BCUT2D eigenvalue weighted by molar-refractivity contribution is 6.06. The molecule has 1 unspecified atom stereocenters. The van der Waals surface area contributed by atoms with Crippen LogP contribution in [-0.2, 0) is 0 Å². The van der Waals surface area contributed by atoms with Gasteiger partial charge in [-0.05, 0) is 40.4 Å². The first-order valence-corrected chi connectivity index (χ1v) is 7.69. The van der Waals surface area contributed by atoms with Gasteiger partial charge in [-0.15, -0.1) is 0 Å². The molecule has 3 rings (SSSR count). The molecule has 1 amide bonds. The summed E-state index contributed by atoms with van der Waals surface area (Å²) in [6.07, 6.45) is 0.576. The maximum absolute atomic E-state index is 12.9. The molecule has 0 radical (unpaired) electrons. The predicted octanol–water partition coefficient (Wildman–Crippen LogP) is 0.978. The van der Waals surface area contributed by atoms with Gasteiger partial charge in [-0.1, -0.05) is 5.16 Å². The van der Waals surface area contributed by atoms with Crippen molar-refractivity contribution in [3.8, 4) is 0 Å². The summed E-state index contributed by atoms with van der Waals surface area (Å²) in [7, 11) is 3.83. The number of amides is 1. The molecule has 1 aliphatic heterocycles. The number of hydrogen-bond donors (Lipinski definition) is 1. The highest BCUT2D eigenvalue weighted by Crippen LogP contribution is 2.27. The summed E-state index contributed by atoms with van der Waals surface area (Å²) in [6.45, 7) is 5.02. The van der Waals surface area contributed by atoms with Crippen LogP contribution in [0.2, 0.25) is 0 Å².